The van der Waals surface area contributed by atoms with Gasteiger partial charge in [-0.15, -0.1) is 0 Å². The fourth-order valence-corrected chi connectivity index (χ4v) is 3.08. The van der Waals surface area contributed by atoms with Crippen molar-refractivity contribution in [2.45, 2.75) is 19.8 Å². The molecule has 1 aliphatic rings. The van der Waals surface area contributed by atoms with Crippen molar-refractivity contribution < 1.29 is 4.79 Å². The third kappa shape index (κ3) is 3.16. The topological polar surface area (TPSA) is 41.1 Å². The lowest BCUT2D eigenvalue weighted by molar-refractivity contribution is -0.126. The monoisotopic (exact) mass is 378 g/mol. The summed E-state index contributed by atoms with van der Waals surface area (Å²) in [5.74, 6) is 0.101. The second-order valence-corrected chi connectivity index (χ2v) is 6.49. The third-order valence-electron chi connectivity index (χ3n) is 3.43. The van der Waals surface area contributed by atoms with Crippen LogP contribution in [-0.4, -0.2) is 19.0 Å². The number of nitrogens with one attached hydrogen (secondary N) is 2. The highest BCUT2D eigenvalue weighted by Crippen LogP contribution is 2.31. The molecule has 1 fully saturated rings. The van der Waals surface area contributed by atoms with Crippen molar-refractivity contribution in [1.82, 2.24) is 5.32 Å². The Bertz CT molecular complexity index is 458. The maximum atomic E-state index is 12.4. The van der Waals surface area contributed by atoms with E-state index in [1.165, 1.54) is 0 Å². The lowest BCUT2D eigenvalue weighted by Crippen LogP contribution is -2.42. The van der Waals surface area contributed by atoms with Crippen molar-refractivity contribution in [3.63, 3.8) is 0 Å². The Balaban J connectivity index is 2.11. The molecule has 1 aromatic carbocycles. The van der Waals surface area contributed by atoms with Gasteiger partial charge in [0.1, 0.15) is 0 Å². The molecule has 18 heavy (non-hydrogen) atoms. The van der Waals surface area contributed by atoms with Gasteiger partial charge in [-0.3, -0.25) is 4.79 Å². The van der Waals surface area contributed by atoms with Crippen LogP contribution in [0.15, 0.2) is 18.2 Å². The van der Waals surface area contributed by atoms with E-state index in [1.807, 2.05) is 19.1 Å². The largest absolute Gasteiger partial charge is 0.325 e. The van der Waals surface area contributed by atoms with Crippen LogP contribution in [0.4, 0.5) is 5.69 Å². The van der Waals surface area contributed by atoms with Gasteiger partial charge in [-0.1, -0.05) is 18.5 Å². The van der Waals surface area contributed by atoms with Crippen molar-refractivity contribution >= 4 is 45.8 Å². The molecule has 1 saturated heterocycles. The number of carbonyl (C=O) groups excluding carboxylic acids is 1. The molecule has 1 aromatic rings. The summed E-state index contributed by atoms with van der Waals surface area (Å²) in [5.41, 5.74) is 0.568. The number of hydrogen-bond acceptors (Lipinski definition) is 2. The van der Waals surface area contributed by atoms with E-state index in [0.717, 1.165) is 35.2 Å². The summed E-state index contributed by atoms with van der Waals surface area (Å²) in [6.07, 6.45) is 1.76. The fraction of sp³-hybridized carbons (Fsp3) is 0.462. The molecule has 0 aliphatic carbocycles. The van der Waals surface area contributed by atoms with Gasteiger partial charge in [0, 0.05) is 14.0 Å². The first-order valence-electron chi connectivity index (χ1n) is 5.98. The molecule has 0 unspecified atom stereocenters. The molecule has 5 heteroatoms. The van der Waals surface area contributed by atoms with E-state index < -0.39 is 0 Å². The molecule has 0 aromatic heterocycles. The molecule has 2 N–H and O–H groups in total. The number of benzene rings is 1. The molecule has 0 saturated carbocycles. The zero-order chi connectivity index (χ0) is 13.2. The van der Waals surface area contributed by atoms with E-state index in [4.69, 9.17) is 11.6 Å². The molecule has 0 radical (unpaired) electrons. The second-order valence-electron chi connectivity index (χ2n) is 4.89. The van der Waals surface area contributed by atoms with Crippen molar-refractivity contribution in [3.05, 3.63) is 26.8 Å². The Morgan fingerprint density at radius 3 is 2.72 bits per heavy atom. The number of hydrogen-bond donors (Lipinski definition) is 2. The predicted octanol–water partition coefficient (Wildman–Crippen LogP) is 3.27. The van der Waals surface area contributed by atoms with E-state index >= 15 is 0 Å². The third-order valence-corrected chi connectivity index (χ3v) is 4.56. The van der Waals surface area contributed by atoms with E-state index in [0.29, 0.717) is 5.02 Å². The standard InChI is InChI=1S/C13H16ClIN2O/c1-13(4-6-16-7-5-13)12(18)17-11-3-2-9(14)8-10(11)15/h2-3,8,16H,4-7H2,1H3,(H,17,18). The molecule has 3 nitrogen and oxygen atoms in total. The number of rotatable bonds is 2. The molecular weight excluding hydrogens is 363 g/mol. The highest BCUT2D eigenvalue weighted by atomic mass is 127. The van der Waals surface area contributed by atoms with Gasteiger partial charge in [-0.2, -0.15) is 0 Å². The molecule has 2 rings (SSSR count). The first-order valence-corrected chi connectivity index (χ1v) is 7.44. The van der Waals surface area contributed by atoms with Crippen molar-refractivity contribution in [3.8, 4) is 0 Å². The minimum absolute atomic E-state index is 0.101. The van der Waals surface area contributed by atoms with Gasteiger partial charge in [0.15, 0.2) is 0 Å². The minimum atomic E-state index is -0.270. The zero-order valence-corrected chi connectivity index (χ0v) is 13.1. The molecule has 0 spiro atoms. The summed E-state index contributed by atoms with van der Waals surface area (Å²) < 4.78 is 0.964. The number of carbonyl (C=O) groups is 1. The van der Waals surface area contributed by atoms with Crippen LogP contribution in [0.2, 0.25) is 5.02 Å². The Morgan fingerprint density at radius 1 is 1.44 bits per heavy atom. The molecule has 0 bridgehead atoms. The van der Waals surface area contributed by atoms with E-state index in [2.05, 4.69) is 33.2 Å². The number of halogens is 2. The van der Waals surface area contributed by atoms with Crippen LogP contribution in [0.1, 0.15) is 19.8 Å². The average molecular weight is 379 g/mol. The van der Waals surface area contributed by atoms with Gasteiger partial charge in [-0.25, -0.2) is 0 Å². The average Bonchev–Trinajstić information content (AvgIpc) is 2.33. The van der Waals surface area contributed by atoms with Crippen LogP contribution in [-0.2, 0) is 4.79 Å². The Hall–Kier alpha value is -0.330. The van der Waals surface area contributed by atoms with Crippen LogP contribution in [0.3, 0.4) is 0 Å². The number of amides is 1. The summed E-state index contributed by atoms with van der Waals surface area (Å²) in [4.78, 5) is 12.4. The molecule has 1 amide bonds. The van der Waals surface area contributed by atoms with Gasteiger partial charge in [0.05, 0.1) is 5.69 Å². The smallest absolute Gasteiger partial charge is 0.230 e. The lowest BCUT2D eigenvalue weighted by atomic mass is 9.80. The lowest BCUT2D eigenvalue weighted by Gasteiger charge is -2.32. The Morgan fingerprint density at radius 2 is 2.11 bits per heavy atom. The molecular formula is C13H16ClIN2O. The van der Waals surface area contributed by atoms with Crippen LogP contribution in [0.25, 0.3) is 0 Å². The molecule has 0 atom stereocenters. The first-order chi connectivity index (χ1) is 8.51. The Kier molecular flexibility index (Phi) is 4.50. The van der Waals surface area contributed by atoms with Gasteiger partial charge in [0.25, 0.3) is 0 Å². The molecule has 98 valence electrons. The van der Waals surface area contributed by atoms with Gasteiger partial charge >= 0.3 is 0 Å². The van der Waals surface area contributed by atoms with E-state index in [1.54, 1.807) is 6.07 Å². The van der Waals surface area contributed by atoms with Gasteiger partial charge < -0.3 is 10.6 Å². The SMILES string of the molecule is CC1(C(=O)Nc2ccc(Cl)cc2I)CCNCC1. The summed E-state index contributed by atoms with van der Waals surface area (Å²) in [7, 11) is 0. The van der Waals surface area contributed by atoms with Crippen LogP contribution in [0, 0.1) is 8.99 Å². The zero-order valence-electron chi connectivity index (χ0n) is 10.2. The van der Waals surface area contributed by atoms with Crippen molar-refractivity contribution in [2.75, 3.05) is 18.4 Å². The van der Waals surface area contributed by atoms with Crippen LogP contribution < -0.4 is 10.6 Å². The van der Waals surface area contributed by atoms with E-state index in [-0.39, 0.29) is 11.3 Å². The van der Waals surface area contributed by atoms with Crippen LogP contribution >= 0.6 is 34.2 Å². The summed E-state index contributed by atoms with van der Waals surface area (Å²) in [5, 5.41) is 6.98. The van der Waals surface area contributed by atoms with Crippen molar-refractivity contribution in [1.29, 1.82) is 0 Å². The van der Waals surface area contributed by atoms with E-state index in [9.17, 15) is 4.79 Å². The van der Waals surface area contributed by atoms with Crippen LogP contribution in [0.5, 0.6) is 0 Å². The summed E-state index contributed by atoms with van der Waals surface area (Å²) in [6.45, 7) is 3.84. The maximum Gasteiger partial charge on any atom is 0.230 e. The normalized spacial score (nSPS) is 18.4. The summed E-state index contributed by atoms with van der Waals surface area (Å²) >= 11 is 8.09. The maximum absolute atomic E-state index is 12.4. The molecule has 1 heterocycles. The Labute approximate surface area is 126 Å². The fourth-order valence-electron chi connectivity index (χ4n) is 2.07. The molecule has 1 aliphatic heterocycles. The van der Waals surface area contributed by atoms with Gasteiger partial charge in [0.2, 0.25) is 5.91 Å². The van der Waals surface area contributed by atoms with Crippen molar-refractivity contribution in [2.24, 2.45) is 5.41 Å². The highest BCUT2D eigenvalue weighted by molar-refractivity contribution is 14.1. The predicted molar refractivity (Wildman–Crippen MR) is 83.0 cm³/mol. The first kappa shape index (κ1) is 14.1. The second kappa shape index (κ2) is 5.75. The number of anilines is 1. The quantitative estimate of drug-likeness (QED) is 0.776. The highest BCUT2D eigenvalue weighted by Gasteiger charge is 2.34. The van der Waals surface area contributed by atoms with Gasteiger partial charge in [-0.05, 0) is 66.7 Å². The number of piperidine rings is 1. The summed E-state index contributed by atoms with van der Waals surface area (Å²) in [6, 6.07) is 5.50. The minimum Gasteiger partial charge on any atom is -0.325 e.